The standard InChI is InChI=1S/C21H20N2O4S2/c1-26-20(25)13-10-11-27-16(13)12-28-17-8-4-2-6-14(17)19(24)23-21-22-15-7-3-5-9-18(15)29-21/h2,4,6,8,10-11H,3,5,7,9,12H2,1H3,(H,22,23,24). The minimum Gasteiger partial charge on any atom is -0.468 e. The minimum atomic E-state index is -0.437. The van der Waals surface area contributed by atoms with Gasteiger partial charge in [-0.25, -0.2) is 9.78 Å². The fourth-order valence-electron chi connectivity index (χ4n) is 3.24. The number of thiazole rings is 1. The number of methoxy groups -OCH3 is 1. The zero-order valence-corrected chi connectivity index (χ0v) is 17.5. The van der Waals surface area contributed by atoms with Crippen molar-refractivity contribution in [2.45, 2.75) is 36.3 Å². The number of nitrogens with zero attached hydrogens (tertiary/aromatic N) is 1. The molecule has 8 heteroatoms. The number of fused-ring (bicyclic) bond motifs is 1. The first-order valence-corrected chi connectivity index (χ1v) is 11.1. The van der Waals surface area contributed by atoms with E-state index in [-0.39, 0.29) is 5.91 Å². The van der Waals surface area contributed by atoms with E-state index in [0.29, 0.717) is 27.8 Å². The number of furan rings is 1. The number of benzene rings is 1. The number of amides is 1. The van der Waals surface area contributed by atoms with Crippen LogP contribution in [0.15, 0.2) is 45.9 Å². The van der Waals surface area contributed by atoms with E-state index in [1.54, 1.807) is 23.5 Å². The Hall–Kier alpha value is -2.58. The number of nitrogens with one attached hydrogen (secondary N) is 1. The Bertz CT molecular complexity index is 1020. The molecule has 4 rings (SSSR count). The van der Waals surface area contributed by atoms with Crippen LogP contribution in [-0.2, 0) is 23.3 Å². The molecule has 0 aliphatic heterocycles. The summed E-state index contributed by atoms with van der Waals surface area (Å²) in [5.41, 5.74) is 2.08. The lowest BCUT2D eigenvalue weighted by Gasteiger charge is -2.08. The van der Waals surface area contributed by atoms with Gasteiger partial charge in [0, 0.05) is 9.77 Å². The number of aryl methyl sites for hydroxylation is 2. The molecule has 1 aromatic carbocycles. The fraction of sp³-hybridized carbons (Fsp3) is 0.286. The van der Waals surface area contributed by atoms with Crippen molar-refractivity contribution >= 4 is 40.1 Å². The molecular formula is C21H20N2O4S2. The Labute approximate surface area is 176 Å². The van der Waals surface area contributed by atoms with Crippen molar-refractivity contribution in [1.82, 2.24) is 4.98 Å². The van der Waals surface area contributed by atoms with Crippen molar-refractivity contribution in [1.29, 1.82) is 0 Å². The SMILES string of the molecule is COC(=O)c1ccoc1CSc1ccccc1C(=O)Nc1nc2c(s1)CCCC2. The number of hydrogen-bond donors (Lipinski definition) is 1. The van der Waals surface area contributed by atoms with Gasteiger partial charge in [-0.05, 0) is 43.9 Å². The number of esters is 1. The normalized spacial score (nSPS) is 13.0. The number of carbonyl (C=O) groups is 2. The van der Waals surface area contributed by atoms with E-state index in [0.717, 1.165) is 29.9 Å². The molecule has 0 unspecified atom stereocenters. The summed E-state index contributed by atoms with van der Waals surface area (Å²) >= 11 is 3.00. The molecule has 1 N–H and O–H groups in total. The smallest absolute Gasteiger partial charge is 0.341 e. The predicted molar refractivity (Wildman–Crippen MR) is 113 cm³/mol. The highest BCUT2D eigenvalue weighted by molar-refractivity contribution is 7.98. The van der Waals surface area contributed by atoms with Gasteiger partial charge in [0.05, 0.1) is 30.4 Å². The summed E-state index contributed by atoms with van der Waals surface area (Å²) in [6.07, 6.45) is 5.83. The molecular weight excluding hydrogens is 408 g/mol. The highest BCUT2D eigenvalue weighted by Crippen LogP contribution is 2.32. The molecule has 0 radical (unpaired) electrons. The Morgan fingerprint density at radius 3 is 2.86 bits per heavy atom. The van der Waals surface area contributed by atoms with E-state index in [2.05, 4.69) is 10.3 Å². The molecule has 6 nitrogen and oxygen atoms in total. The van der Waals surface area contributed by atoms with Gasteiger partial charge in [0.1, 0.15) is 11.3 Å². The molecule has 29 heavy (non-hydrogen) atoms. The lowest BCUT2D eigenvalue weighted by molar-refractivity contribution is 0.0598. The number of ether oxygens (including phenoxy) is 1. The lowest BCUT2D eigenvalue weighted by Crippen LogP contribution is -2.13. The molecule has 0 bridgehead atoms. The van der Waals surface area contributed by atoms with E-state index in [1.165, 1.54) is 36.4 Å². The summed E-state index contributed by atoms with van der Waals surface area (Å²) < 4.78 is 10.2. The predicted octanol–water partition coefficient (Wildman–Crippen LogP) is 4.95. The van der Waals surface area contributed by atoms with Crippen LogP contribution in [0.3, 0.4) is 0 Å². The fourth-order valence-corrected chi connectivity index (χ4v) is 5.28. The van der Waals surface area contributed by atoms with Gasteiger partial charge in [0.25, 0.3) is 5.91 Å². The average Bonchev–Trinajstić information content (AvgIpc) is 3.38. The Balaban J connectivity index is 1.48. The molecule has 3 aromatic rings. The summed E-state index contributed by atoms with van der Waals surface area (Å²) in [4.78, 5) is 31.4. The second kappa shape index (κ2) is 8.84. The van der Waals surface area contributed by atoms with Crippen LogP contribution in [-0.4, -0.2) is 24.0 Å². The highest BCUT2D eigenvalue weighted by Gasteiger charge is 2.19. The van der Waals surface area contributed by atoms with E-state index in [4.69, 9.17) is 9.15 Å². The van der Waals surface area contributed by atoms with Gasteiger partial charge in [-0.2, -0.15) is 0 Å². The van der Waals surface area contributed by atoms with E-state index < -0.39 is 5.97 Å². The Morgan fingerprint density at radius 1 is 1.21 bits per heavy atom. The zero-order valence-electron chi connectivity index (χ0n) is 15.9. The van der Waals surface area contributed by atoms with Gasteiger partial charge < -0.3 is 9.15 Å². The van der Waals surface area contributed by atoms with Crippen molar-refractivity contribution in [3.05, 3.63) is 64.1 Å². The van der Waals surface area contributed by atoms with Crippen LogP contribution in [0.5, 0.6) is 0 Å². The number of anilines is 1. The maximum absolute atomic E-state index is 12.9. The topological polar surface area (TPSA) is 81.4 Å². The first kappa shape index (κ1) is 19.7. The van der Waals surface area contributed by atoms with Gasteiger partial charge >= 0.3 is 5.97 Å². The van der Waals surface area contributed by atoms with Gasteiger partial charge in [0.2, 0.25) is 0 Å². The molecule has 0 saturated carbocycles. The van der Waals surface area contributed by atoms with E-state index in [9.17, 15) is 9.59 Å². The first-order chi connectivity index (χ1) is 14.2. The number of hydrogen-bond acceptors (Lipinski definition) is 7. The van der Waals surface area contributed by atoms with Crippen LogP contribution >= 0.6 is 23.1 Å². The summed E-state index contributed by atoms with van der Waals surface area (Å²) in [5.74, 6) is 0.303. The Morgan fingerprint density at radius 2 is 2.03 bits per heavy atom. The van der Waals surface area contributed by atoms with Crippen molar-refractivity contribution in [3.63, 3.8) is 0 Å². The number of carbonyl (C=O) groups excluding carboxylic acids is 2. The van der Waals surface area contributed by atoms with Gasteiger partial charge in [0.15, 0.2) is 5.13 Å². The number of rotatable bonds is 6. The average molecular weight is 429 g/mol. The summed E-state index contributed by atoms with van der Waals surface area (Å²) in [7, 11) is 1.34. The van der Waals surface area contributed by atoms with Crippen LogP contribution in [0.1, 0.15) is 49.9 Å². The molecule has 0 saturated heterocycles. The summed E-state index contributed by atoms with van der Waals surface area (Å²) in [5, 5.41) is 3.60. The second-order valence-corrected chi connectivity index (χ2v) is 8.68. The third-order valence-electron chi connectivity index (χ3n) is 4.71. The lowest BCUT2D eigenvalue weighted by atomic mass is 10.0. The largest absolute Gasteiger partial charge is 0.468 e. The van der Waals surface area contributed by atoms with Crippen molar-refractivity contribution in [2.24, 2.45) is 0 Å². The van der Waals surface area contributed by atoms with Crippen LogP contribution < -0.4 is 5.32 Å². The molecule has 0 fully saturated rings. The third-order valence-corrected chi connectivity index (χ3v) is 6.85. The van der Waals surface area contributed by atoms with E-state index in [1.807, 2.05) is 18.2 Å². The van der Waals surface area contributed by atoms with Crippen molar-refractivity contribution < 1.29 is 18.7 Å². The number of thioether (sulfide) groups is 1. The third kappa shape index (κ3) is 4.38. The van der Waals surface area contributed by atoms with Crippen molar-refractivity contribution in [2.75, 3.05) is 12.4 Å². The zero-order chi connectivity index (χ0) is 20.2. The maximum atomic E-state index is 12.9. The molecule has 150 valence electrons. The van der Waals surface area contributed by atoms with Crippen molar-refractivity contribution in [3.8, 4) is 0 Å². The quantitative estimate of drug-likeness (QED) is 0.442. The van der Waals surface area contributed by atoms with Gasteiger partial charge in [-0.15, -0.1) is 23.1 Å². The van der Waals surface area contributed by atoms with Gasteiger partial charge in [-0.1, -0.05) is 12.1 Å². The number of aromatic nitrogens is 1. The molecule has 1 aliphatic carbocycles. The first-order valence-electron chi connectivity index (χ1n) is 9.32. The van der Waals surface area contributed by atoms with E-state index >= 15 is 0 Å². The van der Waals surface area contributed by atoms with Crippen LogP contribution in [0, 0.1) is 0 Å². The molecule has 0 spiro atoms. The molecule has 0 atom stereocenters. The van der Waals surface area contributed by atoms with Crippen LogP contribution in [0.2, 0.25) is 0 Å². The van der Waals surface area contributed by atoms with Crippen LogP contribution in [0.25, 0.3) is 0 Å². The second-order valence-electron chi connectivity index (χ2n) is 6.58. The summed E-state index contributed by atoms with van der Waals surface area (Å²) in [6, 6.07) is 8.97. The molecule has 2 aromatic heterocycles. The van der Waals surface area contributed by atoms with Gasteiger partial charge in [-0.3, -0.25) is 10.1 Å². The molecule has 2 heterocycles. The summed E-state index contributed by atoms with van der Waals surface area (Å²) in [6.45, 7) is 0. The highest BCUT2D eigenvalue weighted by atomic mass is 32.2. The maximum Gasteiger partial charge on any atom is 0.341 e. The molecule has 1 aliphatic rings. The monoisotopic (exact) mass is 428 g/mol. The van der Waals surface area contributed by atoms with Crippen LogP contribution in [0.4, 0.5) is 5.13 Å². The minimum absolute atomic E-state index is 0.188. The molecule has 1 amide bonds. The Kier molecular flexibility index (Phi) is 6.01.